The second-order valence-corrected chi connectivity index (χ2v) is 15.1. The minimum Gasteiger partial charge on any atom is -0.726 e. The number of hydrogen-bond donors (Lipinski definition) is 4. The van der Waals surface area contributed by atoms with E-state index in [1.54, 1.807) is 0 Å². The van der Waals surface area contributed by atoms with Gasteiger partial charge < -0.3 is 32.7 Å². The number of hydrogen-bond acceptors (Lipinski definition) is 8. The zero-order valence-electron chi connectivity index (χ0n) is 26.3. The van der Waals surface area contributed by atoms with Crippen molar-refractivity contribution in [2.24, 2.45) is 58.2 Å². The van der Waals surface area contributed by atoms with Gasteiger partial charge in [0, 0.05) is 6.61 Å². The van der Waals surface area contributed by atoms with E-state index in [1.165, 1.54) is 57.8 Å². The van der Waals surface area contributed by atoms with Gasteiger partial charge in [-0.25, -0.2) is 16.8 Å². The third-order valence-corrected chi connectivity index (χ3v) is 11.3. The van der Waals surface area contributed by atoms with E-state index in [4.69, 9.17) is 42.0 Å². The van der Waals surface area contributed by atoms with Gasteiger partial charge in [-0.05, 0) is 78.4 Å². The van der Waals surface area contributed by atoms with Crippen molar-refractivity contribution < 1.29 is 104 Å². The first-order valence-electron chi connectivity index (χ1n) is 14.5. The van der Waals surface area contributed by atoms with Crippen LogP contribution in [0.25, 0.3) is 0 Å². The van der Waals surface area contributed by atoms with Crippen LogP contribution >= 0.6 is 0 Å². The van der Waals surface area contributed by atoms with Crippen LogP contribution in [0.1, 0.15) is 91.9 Å². The van der Waals surface area contributed by atoms with Crippen molar-refractivity contribution >= 4 is 20.8 Å². The van der Waals surface area contributed by atoms with E-state index in [1.807, 2.05) is 0 Å². The van der Waals surface area contributed by atoms with E-state index < -0.39 is 20.8 Å². The van der Waals surface area contributed by atoms with Crippen LogP contribution in [-0.2, 0) is 20.8 Å². The number of aliphatic hydroxyl groups excluding tert-OH is 2. The summed E-state index contributed by atoms with van der Waals surface area (Å²) in [4.78, 5) is 0. The summed E-state index contributed by atoms with van der Waals surface area (Å²) in [5.41, 5.74) is 0.832. The molecular weight excluding hydrogens is 606 g/mol. The molecule has 10 nitrogen and oxygen atoms in total. The Labute approximate surface area is 298 Å². The maximum atomic E-state index is 10.7. The average molecular weight is 657 g/mol. The SMILES string of the molecule is O=S(=O)([O-])O.O=S(=O)([O-])O.[CH2-][C@H](CC[C@H](C)[C@H](C)CO)[C@H]1CCC2C3CC[C@@H]4[C@H](O)[CH-]CC[C@]4(C)C3CC[C@@]21C.[Na+].[Na+]. The van der Waals surface area contributed by atoms with Crippen LogP contribution in [-0.4, -0.2) is 58.0 Å². The van der Waals surface area contributed by atoms with E-state index in [-0.39, 0.29) is 65.2 Å². The van der Waals surface area contributed by atoms with Gasteiger partial charge in [-0.2, -0.15) is 12.3 Å². The molecule has 0 heterocycles. The maximum absolute atomic E-state index is 10.7. The molecule has 0 aliphatic heterocycles. The van der Waals surface area contributed by atoms with Gasteiger partial charge in [0.25, 0.3) is 0 Å². The Morgan fingerprint density at radius 2 is 1.33 bits per heavy atom. The second kappa shape index (κ2) is 17.7. The van der Waals surface area contributed by atoms with Crippen molar-refractivity contribution in [1.82, 2.24) is 0 Å². The summed E-state index contributed by atoms with van der Waals surface area (Å²) < 4.78 is 65.7. The maximum Gasteiger partial charge on any atom is 1.00 e. The van der Waals surface area contributed by atoms with Crippen LogP contribution in [0.4, 0.5) is 0 Å². The summed E-state index contributed by atoms with van der Waals surface area (Å²) in [6.45, 7) is 14.6. The van der Waals surface area contributed by atoms with Gasteiger partial charge in [0.1, 0.15) is 0 Å². The largest absolute Gasteiger partial charge is 1.00 e. The fraction of sp³-hybridized carbons (Fsp3) is 0.929. The molecule has 0 saturated heterocycles. The van der Waals surface area contributed by atoms with Crippen molar-refractivity contribution in [3.05, 3.63) is 13.3 Å². The summed E-state index contributed by atoms with van der Waals surface area (Å²) in [6.07, 6.45) is 15.0. The van der Waals surface area contributed by atoms with Gasteiger partial charge in [0.05, 0.1) is 0 Å². The van der Waals surface area contributed by atoms with Crippen LogP contribution in [0, 0.1) is 71.5 Å². The third-order valence-electron chi connectivity index (χ3n) is 11.3. The minimum atomic E-state index is -4.92. The first kappa shape index (κ1) is 43.7. The van der Waals surface area contributed by atoms with Crippen molar-refractivity contribution in [1.29, 1.82) is 0 Å². The smallest absolute Gasteiger partial charge is 0.726 e. The predicted octanol–water partition coefficient (Wildman–Crippen LogP) is -1.67. The molecule has 0 radical (unpaired) electrons. The Hall–Kier alpha value is 1.66. The zero-order chi connectivity index (χ0) is 30.7. The zero-order valence-corrected chi connectivity index (χ0v) is 31.9. The molecule has 4 saturated carbocycles. The minimum absolute atomic E-state index is 0. The molecule has 0 aromatic rings. The van der Waals surface area contributed by atoms with Crippen LogP contribution in [0.2, 0.25) is 0 Å². The molecule has 0 bridgehead atoms. The summed E-state index contributed by atoms with van der Waals surface area (Å²) in [6, 6.07) is 0. The van der Waals surface area contributed by atoms with Gasteiger partial charge >= 0.3 is 59.1 Å². The van der Waals surface area contributed by atoms with E-state index in [9.17, 15) is 10.2 Å². The summed E-state index contributed by atoms with van der Waals surface area (Å²) in [5.74, 6) is 5.40. The fourth-order valence-electron chi connectivity index (χ4n) is 9.10. The molecule has 238 valence electrons. The summed E-state index contributed by atoms with van der Waals surface area (Å²) in [5, 5.41) is 20.2. The number of fused-ring (bicyclic) bond motifs is 5. The van der Waals surface area contributed by atoms with Gasteiger partial charge in [-0.15, -0.1) is 0 Å². The van der Waals surface area contributed by atoms with Gasteiger partial charge in [0.2, 0.25) is 20.8 Å². The molecule has 4 aliphatic carbocycles. The molecule has 4 rings (SSSR count). The Morgan fingerprint density at radius 3 is 1.86 bits per heavy atom. The van der Waals surface area contributed by atoms with Crippen LogP contribution in [0.3, 0.4) is 0 Å². The Kier molecular flexibility index (Phi) is 18.4. The number of rotatable bonds is 6. The van der Waals surface area contributed by atoms with E-state index in [2.05, 4.69) is 34.1 Å². The average Bonchev–Trinajstić information content (AvgIpc) is 3.17. The molecule has 4 N–H and O–H groups in total. The quantitative estimate of drug-likeness (QED) is 0.111. The molecule has 0 spiro atoms. The molecule has 14 heteroatoms. The van der Waals surface area contributed by atoms with Crippen molar-refractivity contribution in [3.8, 4) is 0 Å². The molecule has 4 aliphatic rings. The summed E-state index contributed by atoms with van der Waals surface area (Å²) >= 11 is 0. The van der Waals surface area contributed by atoms with Crippen molar-refractivity contribution in [2.75, 3.05) is 6.61 Å². The van der Waals surface area contributed by atoms with Crippen molar-refractivity contribution in [2.45, 2.75) is 98.0 Å². The van der Waals surface area contributed by atoms with Crippen LogP contribution in [0.15, 0.2) is 0 Å². The number of aliphatic hydroxyl groups is 2. The standard InChI is InChI=1S/C28H48O2.2Na.2H2O4S/c1-18(20(3)17-29)8-9-19(2)22-12-13-23-21-10-11-25-26(30)7-6-15-27(25,4)24(21)14-16-28(22,23)5;;;2*1-5(2,3)4/h7,18-26,29-30H,2,6,8-17H2,1,3-5H3;;;2*(H2,1,2,3,4)/q-2;2*+1;;/p-2/t18-,19+,20+,21?,22+,23?,24?,25+,26+,27+,28+;;;;/m0..../s1. The molecule has 0 aromatic heterocycles. The summed E-state index contributed by atoms with van der Waals surface area (Å²) in [7, 11) is -9.83. The first-order valence-corrected chi connectivity index (χ1v) is 17.3. The molecule has 4 fully saturated rings. The molecule has 42 heavy (non-hydrogen) atoms. The van der Waals surface area contributed by atoms with Gasteiger partial charge in [-0.1, -0.05) is 65.4 Å². The topological polar surface area (TPSA) is 195 Å². The van der Waals surface area contributed by atoms with E-state index >= 15 is 0 Å². The molecule has 3 unspecified atom stereocenters. The van der Waals surface area contributed by atoms with Gasteiger partial charge in [0.15, 0.2) is 0 Å². The Morgan fingerprint density at radius 1 is 0.833 bits per heavy atom. The predicted molar refractivity (Wildman–Crippen MR) is 149 cm³/mol. The first-order chi connectivity index (χ1) is 18.2. The molecular formula is C28H50Na2O10S2-2. The van der Waals surface area contributed by atoms with E-state index in [0.29, 0.717) is 41.1 Å². The van der Waals surface area contributed by atoms with Crippen LogP contribution in [0.5, 0.6) is 0 Å². The third kappa shape index (κ3) is 12.0. The molecule has 0 amide bonds. The second-order valence-electron chi connectivity index (χ2n) is 13.4. The Bertz CT molecular complexity index is 984. The monoisotopic (exact) mass is 656 g/mol. The van der Waals surface area contributed by atoms with E-state index in [0.717, 1.165) is 30.1 Å². The fourth-order valence-corrected chi connectivity index (χ4v) is 9.10. The normalized spacial score (nSPS) is 37.7. The van der Waals surface area contributed by atoms with Crippen LogP contribution < -0.4 is 59.1 Å². The Balaban J connectivity index is 0.00000122. The molecule has 11 atom stereocenters. The molecule has 0 aromatic carbocycles. The van der Waals surface area contributed by atoms with Crippen molar-refractivity contribution in [3.63, 3.8) is 0 Å². The van der Waals surface area contributed by atoms with Gasteiger partial charge in [-0.3, -0.25) is 9.11 Å².